The van der Waals surface area contributed by atoms with Crippen LogP contribution in [0.15, 0.2) is 24.3 Å². The Morgan fingerprint density at radius 3 is 1.71 bits per heavy atom. The number of hydrogen-bond acceptors (Lipinski definition) is 1. The van der Waals surface area contributed by atoms with Gasteiger partial charge in [0.25, 0.3) is 0 Å². The Kier molecular flexibility index (Phi) is 15.2. The number of aryl methyl sites for hydroxylation is 1. The SMILES string of the molecule is CCCCCCCCCCCCc1cccc[c]1[Zn].O=P(O)(O)O. The molecule has 0 fully saturated rings. The summed E-state index contributed by atoms with van der Waals surface area (Å²) in [5, 5.41) is 0. The standard InChI is InChI=1S/C18H29.H3O4P.Zn/c1-2-3-4-5-6-7-8-9-10-12-15-18-16-13-11-14-17-18;1-5(2,3)4;/h11,13-14,16H,2-10,12,15H2,1H3;(H3,1,2,3,4);. The van der Waals surface area contributed by atoms with E-state index < -0.39 is 7.82 Å². The summed E-state index contributed by atoms with van der Waals surface area (Å²) in [7, 11) is -4.64. The zero-order valence-corrected chi connectivity index (χ0v) is 18.9. The van der Waals surface area contributed by atoms with Crippen LogP contribution >= 0.6 is 7.82 Å². The fourth-order valence-electron chi connectivity index (χ4n) is 2.60. The van der Waals surface area contributed by atoms with Crippen LogP contribution in [0.4, 0.5) is 0 Å². The van der Waals surface area contributed by atoms with E-state index in [1.54, 1.807) is 9.72 Å². The van der Waals surface area contributed by atoms with Crippen LogP contribution in [-0.2, 0) is 29.3 Å². The molecule has 0 aromatic heterocycles. The van der Waals surface area contributed by atoms with Crippen LogP contribution in [0.1, 0.15) is 76.7 Å². The minimum atomic E-state index is -4.64. The minimum Gasteiger partial charge on any atom is -0.303 e. The van der Waals surface area contributed by atoms with Crippen molar-refractivity contribution in [3.63, 3.8) is 0 Å². The van der Waals surface area contributed by atoms with Crippen LogP contribution in [0.25, 0.3) is 0 Å². The van der Waals surface area contributed by atoms with Gasteiger partial charge in [0.1, 0.15) is 0 Å². The van der Waals surface area contributed by atoms with E-state index in [1.165, 1.54) is 88.9 Å². The van der Waals surface area contributed by atoms with Gasteiger partial charge in [0.05, 0.1) is 0 Å². The van der Waals surface area contributed by atoms with Gasteiger partial charge in [0.15, 0.2) is 0 Å². The van der Waals surface area contributed by atoms with Crippen molar-refractivity contribution in [2.24, 2.45) is 0 Å². The molecule has 1 rings (SSSR count). The molecule has 1 aromatic rings. The van der Waals surface area contributed by atoms with Gasteiger partial charge in [0, 0.05) is 0 Å². The Morgan fingerprint density at radius 1 is 0.833 bits per heavy atom. The predicted molar refractivity (Wildman–Crippen MR) is 95.9 cm³/mol. The molecule has 0 unspecified atom stereocenters. The minimum absolute atomic E-state index is 1.30. The first-order valence-corrected chi connectivity index (χ1v) is 12.1. The molecule has 0 aliphatic carbocycles. The van der Waals surface area contributed by atoms with Gasteiger partial charge in [-0.05, 0) is 0 Å². The predicted octanol–water partition coefficient (Wildman–Crippen LogP) is 4.39. The van der Waals surface area contributed by atoms with Gasteiger partial charge in [-0.25, -0.2) is 4.57 Å². The molecule has 0 radical (unpaired) electrons. The quantitative estimate of drug-likeness (QED) is 0.288. The topological polar surface area (TPSA) is 77.8 Å². The van der Waals surface area contributed by atoms with Crippen molar-refractivity contribution in [1.29, 1.82) is 0 Å². The monoisotopic (exact) mass is 407 g/mol. The van der Waals surface area contributed by atoms with Crippen molar-refractivity contribution in [2.75, 3.05) is 0 Å². The van der Waals surface area contributed by atoms with Crippen LogP contribution in [0, 0.1) is 0 Å². The molecule has 0 atom stereocenters. The molecule has 0 bridgehead atoms. The second-order valence-electron chi connectivity index (χ2n) is 6.21. The Morgan fingerprint density at radius 2 is 1.25 bits per heavy atom. The van der Waals surface area contributed by atoms with Crippen molar-refractivity contribution < 1.29 is 37.5 Å². The molecule has 0 amide bonds. The Bertz CT molecular complexity index is 454. The van der Waals surface area contributed by atoms with Crippen LogP contribution < -0.4 is 4.16 Å². The molecule has 1 aromatic carbocycles. The number of rotatable bonds is 11. The maximum atomic E-state index is 8.88. The van der Waals surface area contributed by atoms with Gasteiger partial charge in [-0.15, -0.1) is 0 Å². The Labute approximate surface area is 157 Å². The van der Waals surface area contributed by atoms with Crippen LogP contribution in [0.5, 0.6) is 0 Å². The molecular formula is C18H32O4PZn. The molecule has 24 heavy (non-hydrogen) atoms. The average Bonchev–Trinajstić information content (AvgIpc) is 2.49. The number of benzene rings is 1. The number of phosphoric acid groups is 1. The molecule has 0 saturated heterocycles. The van der Waals surface area contributed by atoms with Gasteiger partial charge < -0.3 is 14.7 Å². The molecule has 0 aliphatic rings. The van der Waals surface area contributed by atoms with Crippen LogP contribution in [0.2, 0.25) is 0 Å². The molecule has 4 nitrogen and oxygen atoms in total. The number of unbranched alkanes of at least 4 members (excludes halogenated alkanes) is 9. The van der Waals surface area contributed by atoms with Crippen LogP contribution in [0.3, 0.4) is 0 Å². The molecule has 0 saturated carbocycles. The first kappa shape index (κ1) is 24.0. The summed E-state index contributed by atoms with van der Waals surface area (Å²) in [6.07, 6.45) is 15.6. The molecule has 0 heterocycles. The zero-order valence-electron chi connectivity index (χ0n) is 15.0. The second kappa shape index (κ2) is 15.2. The summed E-state index contributed by atoms with van der Waals surface area (Å²) in [5.74, 6) is 0. The van der Waals surface area contributed by atoms with Crippen molar-refractivity contribution in [3.05, 3.63) is 29.8 Å². The largest absolute Gasteiger partial charge is 0.466 e. The van der Waals surface area contributed by atoms with Crippen LogP contribution in [-0.4, -0.2) is 14.7 Å². The summed E-state index contributed by atoms with van der Waals surface area (Å²) in [5.41, 5.74) is 1.60. The second-order valence-corrected chi connectivity index (χ2v) is 8.84. The van der Waals surface area contributed by atoms with E-state index in [0.717, 1.165) is 0 Å². The molecule has 6 heteroatoms. The molecule has 3 N–H and O–H groups in total. The van der Waals surface area contributed by atoms with E-state index in [-0.39, 0.29) is 0 Å². The Balaban J connectivity index is 0.000000922. The van der Waals surface area contributed by atoms with Gasteiger partial charge >= 0.3 is 124 Å². The summed E-state index contributed by atoms with van der Waals surface area (Å²) >= 11 is 1.30. The molecule has 0 aliphatic heterocycles. The first-order chi connectivity index (χ1) is 11.3. The van der Waals surface area contributed by atoms with E-state index >= 15 is 0 Å². The third kappa shape index (κ3) is 18.3. The summed E-state index contributed by atoms with van der Waals surface area (Å²) in [4.78, 5) is 21.6. The van der Waals surface area contributed by atoms with E-state index in [0.29, 0.717) is 0 Å². The summed E-state index contributed by atoms with van der Waals surface area (Å²) < 4.78 is 10.5. The third-order valence-electron chi connectivity index (χ3n) is 3.92. The molecule has 135 valence electrons. The van der Waals surface area contributed by atoms with E-state index in [4.69, 9.17) is 19.2 Å². The smallest absolute Gasteiger partial charge is 0.303 e. The van der Waals surface area contributed by atoms with E-state index in [2.05, 4.69) is 31.2 Å². The maximum Gasteiger partial charge on any atom is 0.466 e. The van der Waals surface area contributed by atoms with Gasteiger partial charge in [-0.2, -0.15) is 0 Å². The molecular weight excluding hydrogens is 377 g/mol. The number of hydrogen-bond donors (Lipinski definition) is 3. The fourth-order valence-corrected chi connectivity index (χ4v) is 3.51. The third-order valence-corrected chi connectivity index (χ3v) is 5.37. The van der Waals surface area contributed by atoms with Crippen molar-refractivity contribution in [2.45, 2.75) is 77.6 Å². The molecule has 0 spiro atoms. The van der Waals surface area contributed by atoms with Gasteiger partial charge in [0.2, 0.25) is 0 Å². The maximum absolute atomic E-state index is 8.88. The van der Waals surface area contributed by atoms with Crippen molar-refractivity contribution in [3.8, 4) is 0 Å². The summed E-state index contributed by atoms with van der Waals surface area (Å²) in [6, 6.07) is 8.95. The Hall–Kier alpha value is -0.0466. The van der Waals surface area contributed by atoms with Gasteiger partial charge in [-0.3, -0.25) is 0 Å². The van der Waals surface area contributed by atoms with Crippen molar-refractivity contribution >= 4 is 12.0 Å². The normalized spacial score (nSPS) is 11.1. The van der Waals surface area contributed by atoms with E-state index in [1.807, 2.05) is 0 Å². The zero-order chi connectivity index (χ0) is 18.3. The summed E-state index contributed by atoms with van der Waals surface area (Å²) in [6.45, 7) is 2.29. The van der Waals surface area contributed by atoms with Crippen molar-refractivity contribution in [1.82, 2.24) is 0 Å². The average molecular weight is 409 g/mol. The fraction of sp³-hybridized carbons (Fsp3) is 0.667. The van der Waals surface area contributed by atoms with E-state index in [9.17, 15) is 0 Å². The van der Waals surface area contributed by atoms with Gasteiger partial charge in [-0.1, -0.05) is 13.3 Å². The first-order valence-electron chi connectivity index (χ1n) is 9.02.